The maximum atomic E-state index is 13.8. The third-order valence-corrected chi connectivity index (χ3v) is 5.74. The second kappa shape index (κ2) is 9.01. The zero-order valence-electron chi connectivity index (χ0n) is 15.7. The van der Waals surface area contributed by atoms with Crippen LogP contribution in [-0.4, -0.2) is 36.9 Å². The van der Waals surface area contributed by atoms with E-state index in [2.05, 4.69) is 31.1 Å². The molecule has 30 heavy (non-hydrogen) atoms. The van der Waals surface area contributed by atoms with E-state index in [1.165, 1.54) is 33.8 Å². The van der Waals surface area contributed by atoms with Crippen LogP contribution in [0.3, 0.4) is 0 Å². The van der Waals surface area contributed by atoms with Crippen molar-refractivity contribution in [3.63, 3.8) is 0 Å². The van der Waals surface area contributed by atoms with Crippen LogP contribution in [0.25, 0.3) is 11.3 Å². The predicted octanol–water partition coefficient (Wildman–Crippen LogP) is 3.95. The van der Waals surface area contributed by atoms with Gasteiger partial charge >= 0.3 is 0 Å². The molecule has 11 heteroatoms. The van der Waals surface area contributed by atoms with Gasteiger partial charge in [-0.15, -0.1) is 16.4 Å². The third kappa shape index (κ3) is 4.81. The van der Waals surface area contributed by atoms with Crippen LogP contribution in [-0.2, 0) is 11.8 Å². The second-order valence-electron chi connectivity index (χ2n) is 6.15. The topological polar surface area (TPSA) is 97.6 Å². The summed E-state index contributed by atoms with van der Waals surface area (Å²) in [6.45, 7) is 0. The Bertz CT molecular complexity index is 1180. The summed E-state index contributed by atoms with van der Waals surface area (Å²) in [5.74, 6) is -0.319. The minimum Gasteiger partial charge on any atom is -0.329 e. The molecule has 2 heterocycles. The molecule has 152 valence electrons. The molecule has 0 unspecified atom stereocenters. The van der Waals surface area contributed by atoms with Gasteiger partial charge in [0.2, 0.25) is 11.1 Å². The van der Waals surface area contributed by atoms with Crippen LogP contribution < -0.4 is 10.6 Å². The van der Waals surface area contributed by atoms with Gasteiger partial charge in [-0.05, 0) is 34.7 Å². The number of rotatable bonds is 7. The van der Waals surface area contributed by atoms with Gasteiger partial charge < -0.3 is 10.6 Å². The van der Waals surface area contributed by atoms with Crippen molar-refractivity contribution >= 4 is 45.5 Å². The van der Waals surface area contributed by atoms with Crippen LogP contribution in [0.15, 0.2) is 59.1 Å². The summed E-state index contributed by atoms with van der Waals surface area (Å²) < 4.78 is 15.3. The zero-order valence-corrected chi connectivity index (χ0v) is 17.4. The Morgan fingerprint density at radius 1 is 1.23 bits per heavy atom. The molecule has 1 amide bonds. The highest BCUT2D eigenvalue weighted by molar-refractivity contribution is 7.99. The number of carbonyl (C=O) groups is 1. The molecule has 0 spiro atoms. The van der Waals surface area contributed by atoms with Gasteiger partial charge in [-0.25, -0.2) is 14.1 Å². The molecule has 0 radical (unpaired) electrons. The number of thiazole rings is 1. The smallest absolute Gasteiger partial charge is 0.234 e. The minimum absolute atomic E-state index is 0.166. The van der Waals surface area contributed by atoms with Crippen molar-refractivity contribution in [3.05, 3.63) is 59.7 Å². The summed E-state index contributed by atoms with van der Waals surface area (Å²) >= 11 is 2.63. The quantitative estimate of drug-likeness (QED) is 0.419. The van der Waals surface area contributed by atoms with E-state index >= 15 is 0 Å². The summed E-state index contributed by atoms with van der Waals surface area (Å²) in [5.41, 5.74) is 2.60. The first-order valence-electron chi connectivity index (χ1n) is 8.81. The maximum absolute atomic E-state index is 13.8. The number of aromatic nitrogens is 5. The molecule has 2 aromatic heterocycles. The number of nitrogens with zero attached hydrogens (tertiary/aromatic N) is 5. The number of halogens is 1. The highest BCUT2D eigenvalue weighted by Crippen LogP contribution is 2.29. The van der Waals surface area contributed by atoms with Crippen LogP contribution in [0.2, 0.25) is 0 Å². The number of hydrogen-bond acceptors (Lipinski definition) is 8. The molecule has 0 aliphatic rings. The Labute approximate surface area is 179 Å². The minimum atomic E-state index is -0.339. The fourth-order valence-corrected chi connectivity index (χ4v) is 3.95. The van der Waals surface area contributed by atoms with E-state index in [1.54, 1.807) is 31.3 Å². The lowest BCUT2D eigenvalue weighted by Gasteiger charge is -2.06. The number of benzene rings is 2. The molecular formula is C19H16FN7OS2. The largest absolute Gasteiger partial charge is 0.329 e. The average Bonchev–Trinajstić information content (AvgIpc) is 3.37. The number of para-hydroxylation sites is 1. The molecule has 0 aliphatic heterocycles. The first-order chi connectivity index (χ1) is 14.6. The van der Waals surface area contributed by atoms with Gasteiger partial charge in [0.25, 0.3) is 0 Å². The summed E-state index contributed by atoms with van der Waals surface area (Å²) in [4.78, 5) is 16.8. The molecule has 0 fully saturated rings. The molecule has 0 atom stereocenters. The highest BCUT2D eigenvalue weighted by atomic mass is 32.2. The first-order valence-corrected chi connectivity index (χ1v) is 10.7. The lowest BCUT2D eigenvalue weighted by atomic mass is 10.1. The van der Waals surface area contributed by atoms with Gasteiger partial charge in [0.05, 0.1) is 17.1 Å². The average molecular weight is 442 g/mol. The summed E-state index contributed by atoms with van der Waals surface area (Å²) in [6.07, 6.45) is 0. The maximum Gasteiger partial charge on any atom is 0.234 e. The Morgan fingerprint density at radius 3 is 2.90 bits per heavy atom. The van der Waals surface area contributed by atoms with Gasteiger partial charge in [-0.2, -0.15) is 0 Å². The van der Waals surface area contributed by atoms with Crippen LogP contribution in [0.5, 0.6) is 0 Å². The van der Waals surface area contributed by atoms with Crippen LogP contribution in [0, 0.1) is 5.82 Å². The SMILES string of the molecule is Cn1nnnc1SCC(=O)Nc1cccc(-c2csc(Nc3ccccc3F)n2)c1. The molecule has 0 saturated heterocycles. The Hall–Kier alpha value is -3.31. The lowest BCUT2D eigenvalue weighted by Crippen LogP contribution is -2.14. The normalized spacial score (nSPS) is 10.7. The fraction of sp³-hybridized carbons (Fsp3) is 0.105. The second-order valence-corrected chi connectivity index (χ2v) is 7.95. The van der Waals surface area contributed by atoms with E-state index < -0.39 is 0 Å². The highest BCUT2D eigenvalue weighted by Gasteiger charge is 2.10. The summed E-state index contributed by atoms with van der Waals surface area (Å²) in [7, 11) is 1.72. The number of carbonyl (C=O) groups excluding carboxylic acids is 1. The van der Waals surface area contributed by atoms with Crippen molar-refractivity contribution < 1.29 is 9.18 Å². The van der Waals surface area contributed by atoms with E-state index in [0.29, 0.717) is 21.7 Å². The van der Waals surface area contributed by atoms with Crippen LogP contribution in [0.4, 0.5) is 20.9 Å². The molecule has 0 saturated carbocycles. The first kappa shape index (κ1) is 20.0. The van der Waals surface area contributed by atoms with Gasteiger partial charge in [0.15, 0.2) is 5.13 Å². The van der Waals surface area contributed by atoms with Crippen molar-refractivity contribution in [3.8, 4) is 11.3 Å². The molecule has 4 rings (SSSR count). The third-order valence-electron chi connectivity index (χ3n) is 3.98. The number of amides is 1. The molecule has 8 nitrogen and oxygen atoms in total. The predicted molar refractivity (Wildman–Crippen MR) is 115 cm³/mol. The van der Waals surface area contributed by atoms with Crippen LogP contribution >= 0.6 is 23.1 Å². The van der Waals surface area contributed by atoms with Gasteiger partial charge in [-0.3, -0.25) is 4.79 Å². The summed E-state index contributed by atoms with van der Waals surface area (Å²) in [6, 6.07) is 13.8. The zero-order chi connectivity index (χ0) is 20.9. The molecular weight excluding hydrogens is 425 g/mol. The van der Waals surface area contributed by atoms with Crippen molar-refractivity contribution in [2.24, 2.45) is 7.05 Å². The van der Waals surface area contributed by atoms with Crippen molar-refractivity contribution in [1.82, 2.24) is 25.2 Å². The fourth-order valence-electron chi connectivity index (χ4n) is 2.57. The number of hydrogen-bond donors (Lipinski definition) is 2. The van der Waals surface area contributed by atoms with Gasteiger partial charge in [0, 0.05) is 23.7 Å². The van der Waals surface area contributed by atoms with E-state index in [4.69, 9.17) is 0 Å². The van der Waals surface area contributed by atoms with E-state index in [-0.39, 0.29) is 17.5 Å². The Morgan fingerprint density at radius 2 is 2.10 bits per heavy atom. The molecule has 2 aromatic carbocycles. The van der Waals surface area contributed by atoms with Gasteiger partial charge in [0.1, 0.15) is 5.82 Å². The monoisotopic (exact) mass is 441 g/mol. The molecule has 0 aliphatic carbocycles. The van der Waals surface area contributed by atoms with Crippen molar-refractivity contribution in [2.45, 2.75) is 5.16 Å². The number of nitrogens with one attached hydrogen (secondary N) is 2. The number of aryl methyl sites for hydroxylation is 1. The molecule has 0 bridgehead atoms. The number of tetrazole rings is 1. The van der Waals surface area contributed by atoms with E-state index in [0.717, 1.165) is 11.3 Å². The Balaban J connectivity index is 1.41. The number of anilines is 3. The Kier molecular flexibility index (Phi) is 6.00. The van der Waals surface area contributed by atoms with Crippen molar-refractivity contribution in [2.75, 3.05) is 16.4 Å². The van der Waals surface area contributed by atoms with E-state index in [9.17, 15) is 9.18 Å². The lowest BCUT2D eigenvalue weighted by molar-refractivity contribution is -0.113. The molecule has 4 aromatic rings. The standard InChI is InChI=1S/C19H16FN7OS2/c1-27-19(24-25-26-27)30-11-17(28)21-13-6-4-5-12(9-13)16-10-29-18(23-16)22-15-8-3-2-7-14(15)20/h2-10H,11H2,1H3,(H,21,28)(H,22,23). The van der Waals surface area contributed by atoms with E-state index in [1.807, 2.05) is 23.6 Å². The summed E-state index contributed by atoms with van der Waals surface area (Å²) in [5, 5.41) is 20.0. The molecule has 2 N–H and O–H groups in total. The number of thioether (sulfide) groups is 1. The van der Waals surface area contributed by atoms with Crippen molar-refractivity contribution in [1.29, 1.82) is 0 Å². The van der Waals surface area contributed by atoms with Gasteiger partial charge in [-0.1, -0.05) is 36.0 Å². The van der Waals surface area contributed by atoms with Crippen LogP contribution in [0.1, 0.15) is 0 Å².